The summed E-state index contributed by atoms with van der Waals surface area (Å²) in [4.78, 5) is 4.28. The number of para-hydroxylation sites is 1. The summed E-state index contributed by atoms with van der Waals surface area (Å²) in [5, 5.41) is 0. The van der Waals surface area contributed by atoms with Gasteiger partial charge < -0.3 is 0 Å². The Bertz CT molecular complexity index is 335. The molecular formula is C7H7N3Se. The summed E-state index contributed by atoms with van der Waals surface area (Å²) in [5.41, 5.74) is 3.64. The van der Waals surface area contributed by atoms with Gasteiger partial charge in [-0.1, -0.05) is 0 Å². The Labute approximate surface area is 69.9 Å². The number of hydrogen-bond acceptors (Lipinski definition) is 3. The Balaban J connectivity index is 2.69. The van der Waals surface area contributed by atoms with Gasteiger partial charge in [0.1, 0.15) is 0 Å². The van der Waals surface area contributed by atoms with Crippen molar-refractivity contribution >= 4 is 29.0 Å². The van der Waals surface area contributed by atoms with Crippen LogP contribution in [0.25, 0.3) is 9.78 Å². The van der Waals surface area contributed by atoms with Gasteiger partial charge in [0.2, 0.25) is 0 Å². The maximum atomic E-state index is 5.25. The molecule has 0 amide bonds. The van der Waals surface area contributed by atoms with Crippen LogP contribution in [0.2, 0.25) is 0 Å². The van der Waals surface area contributed by atoms with Gasteiger partial charge >= 0.3 is 69.5 Å². The number of nitrogens with zero attached hydrogens (tertiary/aromatic N) is 1. The van der Waals surface area contributed by atoms with E-state index in [4.69, 9.17) is 5.84 Å². The zero-order chi connectivity index (χ0) is 7.68. The summed E-state index contributed by atoms with van der Waals surface area (Å²) >= 11 is 0.283. The summed E-state index contributed by atoms with van der Waals surface area (Å²) in [7, 11) is 0. The van der Waals surface area contributed by atoms with Crippen LogP contribution in [0.3, 0.4) is 0 Å². The third-order valence-corrected chi connectivity index (χ3v) is 3.45. The first-order valence-corrected chi connectivity index (χ1v) is 4.93. The number of fused-ring (bicyclic) bond motifs is 1. The van der Waals surface area contributed by atoms with Crippen LogP contribution in [-0.4, -0.2) is 19.5 Å². The standard InChI is InChI=1S/C7H7N3Se/c8-10-7-9-5-3-1-2-4-6(5)11-7/h1-4H,8H2,(H,9,10). The van der Waals surface area contributed by atoms with Gasteiger partial charge in [-0.2, -0.15) is 0 Å². The molecule has 56 valence electrons. The van der Waals surface area contributed by atoms with Gasteiger partial charge in [0, 0.05) is 0 Å². The Morgan fingerprint density at radius 1 is 1.36 bits per heavy atom. The summed E-state index contributed by atoms with van der Waals surface area (Å²) < 4.78 is 2.20. The van der Waals surface area contributed by atoms with Crippen LogP contribution in [0.15, 0.2) is 24.3 Å². The van der Waals surface area contributed by atoms with Crippen molar-refractivity contribution in [1.29, 1.82) is 0 Å². The van der Waals surface area contributed by atoms with Crippen molar-refractivity contribution in [3.8, 4) is 0 Å². The van der Waals surface area contributed by atoms with E-state index in [-0.39, 0.29) is 14.5 Å². The zero-order valence-electron chi connectivity index (χ0n) is 5.74. The molecule has 4 heteroatoms. The van der Waals surface area contributed by atoms with E-state index in [1.165, 1.54) is 4.26 Å². The predicted molar refractivity (Wildman–Crippen MR) is 46.5 cm³/mol. The van der Waals surface area contributed by atoms with Crippen molar-refractivity contribution in [3.63, 3.8) is 0 Å². The first-order chi connectivity index (χ1) is 5.40. The molecule has 1 heterocycles. The van der Waals surface area contributed by atoms with Crippen LogP contribution in [0.1, 0.15) is 0 Å². The second-order valence-corrected chi connectivity index (χ2v) is 4.29. The molecule has 1 aromatic heterocycles. The van der Waals surface area contributed by atoms with E-state index in [0.29, 0.717) is 0 Å². The molecule has 0 radical (unpaired) electrons. The van der Waals surface area contributed by atoms with Gasteiger partial charge in [-0.05, 0) is 0 Å². The average molecular weight is 212 g/mol. The molecule has 1 aromatic carbocycles. The molecule has 2 aromatic rings. The summed E-state index contributed by atoms with van der Waals surface area (Å²) in [6.07, 6.45) is 0. The number of nitrogens with one attached hydrogen (secondary N) is 1. The maximum absolute atomic E-state index is 5.25. The van der Waals surface area contributed by atoms with E-state index >= 15 is 0 Å². The number of nitrogens with two attached hydrogens (primary N) is 1. The molecular weight excluding hydrogens is 205 g/mol. The number of rotatable bonds is 1. The second-order valence-electron chi connectivity index (χ2n) is 2.13. The van der Waals surface area contributed by atoms with Gasteiger partial charge in [0.15, 0.2) is 0 Å². The number of hydrogen-bond donors (Lipinski definition) is 2. The Kier molecular flexibility index (Phi) is 1.66. The number of anilines is 1. The number of hydrazine groups is 1. The fourth-order valence-corrected chi connectivity index (χ4v) is 2.56. The van der Waals surface area contributed by atoms with E-state index < -0.39 is 0 Å². The topological polar surface area (TPSA) is 50.9 Å². The Morgan fingerprint density at radius 3 is 2.91 bits per heavy atom. The molecule has 0 spiro atoms. The molecule has 0 aliphatic rings. The van der Waals surface area contributed by atoms with Crippen molar-refractivity contribution < 1.29 is 0 Å². The first kappa shape index (κ1) is 6.85. The van der Waals surface area contributed by atoms with Crippen LogP contribution >= 0.6 is 0 Å². The number of benzene rings is 1. The normalized spacial score (nSPS) is 10.3. The van der Waals surface area contributed by atoms with Crippen molar-refractivity contribution in [2.24, 2.45) is 5.84 Å². The molecule has 2 rings (SSSR count). The minimum absolute atomic E-state index is 0.283. The molecule has 0 bridgehead atoms. The van der Waals surface area contributed by atoms with Crippen LogP contribution in [-0.2, 0) is 0 Å². The molecule has 0 unspecified atom stereocenters. The van der Waals surface area contributed by atoms with E-state index in [0.717, 1.165) is 10.2 Å². The van der Waals surface area contributed by atoms with E-state index in [1.807, 2.05) is 18.2 Å². The van der Waals surface area contributed by atoms with Gasteiger partial charge in [0.05, 0.1) is 0 Å². The summed E-state index contributed by atoms with van der Waals surface area (Å²) in [5.74, 6) is 5.25. The molecule has 0 saturated carbocycles. The van der Waals surface area contributed by atoms with Crippen molar-refractivity contribution in [2.75, 3.05) is 5.43 Å². The molecule has 0 fully saturated rings. The minimum atomic E-state index is 0.283. The molecule has 3 N–H and O–H groups in total. The third kappa shape index (κ3) is 1.16. The van der Waals surface area contributed by atoms with Crippen LogP contribution in [0.5, 0.6) is 0 Å². The molecule has 0 aliphatic carbocycles. The fraction of sp³-hybridized carbons (Fsp3) is 0. The van der Waals surface area contributed by atoms with Crippen LogP contribution in [0.4, 0.5) is 4.69 Å². The van der Waals surface area contributed by atoms with Crippen molar-refractivity contribution in [2.45, 2.75) is 0 Å². The second kappa shape index (κ2) is 2.66. The molecule has 0 saturated heterocycles. The van der Waals surface area contributed by atoms with Gasteiger partial charge in [-0.15, -0.1) is 0 Å². The van der Waals surface area contributed by atoms with E-state index in [9.17, 15) is 0 Å². The fourth-order valence-electron chi connectivity index (χ4n) is 0.934. The molecule has 0 atom stereocenters. The Hall–Kier alpha value is -0.831. The molecule has 0 aliphatic heterocycles. The van der Waals surface area contributed by atoms with Gasteiger partial charge in [-0.25, -0.2) is 0 Å². The Morgan fingerprint density at radius 2 is 2.18 bits per heavy atom. The zero-order valence-corrected chi connectivity index (χ0v) is 7.46. The van der Waals surface area contributed by atoms with E-state index in [1.54, 1.807) is 0 Å². The van der Waals surface area contributed by atoms with Gasteiger partial charge in [-0.3, -0.25) is 0 Å². The van der Waals surface area contributed by atoms with Crippen LogP contribution in [0, 0.1) is 0 Å². The average Bonchev–Trinajstić information content (AvgIpc) is 2.46. The van der Waals surface area contributed by atoms with E-state index in [2.05, 4.69) is 16.5 Å². The van der Waals surface area contributed by atoms with Crippen molar-refractivity contribution in [3.05, 3.63) is 24.3 Å². The quantitative estimate of drug-likeness (QED) is 0.413. The predicted octanol–water partition coefficient (Wildman–Crippen LogP) is 0.577. The van der Waals surface area contributed by atoms with Crippen molar-refractivity contribution in [1.82, 2.24) is 4.98 Å². The third-order valence-electron chi connectivity index (χ3n) is 1.42. The number of aromatic nitrogens is 1. The van der Waals surface area contributed by atoms with Gasteiger partial charge in [0.25, 0.3) is 0 Å². The summed E-state index contributed by atoms with van der Waals surface area (Å²) in [6, 6.07) is 8.10. The van der Waals surface area contributed by atoms with Crippen LogP contribution < -0.4 is 11.3 Å². The SMILES string of the molecule is NNc1nc2ccccc2[se]1. The summed E-state index contributed by atoms with van der Waals surface area (Å²) in [6.45, 7) is 0. The monoisotopic (exact) mass is 213 g/mol. The number of nitrogen functional groups attached to an aromatic ring is 1. The molecule has 11 heavy (non-hydrogen) atoms. The first-order valence-electron chi connectivity index (χ1n) is 3.22. The molecule has 3 nitrogen and oxygen atoms in total.